The van der Waals surface area contributed by atoms with Crippen molar-refractivity contribution < 1.29 is 0 Å². The fraction of sp³-hybridized carbons (Fsp3) is 0.333. The molecule has 0 amide bonds. The molecule has 2 N–H and O–H groups in total. The van der Waals surface area contributed by atoms with Gasteiger partial charge in [-0.1, -0.05) is 36.4 Å². The van der Waals surface area contributed by atoms with E-state index >= 15 is 0 Å². The third-order valence-electron chi connectivity index (χ3n) is 3.52. The molecule has 88 valence electrons. The minimum absolute atomic E-state index is 0.187. The van der Waals surface area contributed by atoms with E-state index in [1.165, 1.54) is 34.9 Å². The van der Waals surface area contributed by atoms with Crippen LogP contribution in [0.25, 0.3) is 10.8 Å². The van der Waals surface area contributed by atoms with E-state index in [0.29, 0.717) is 5.25 Å². The second kappa shape index (κ2) is 4.71. The highest BCUT2D eigenvalue weighted by atomic mass is 32.2. The monoisotopic (exact) mass is 243 g/mol. The number of hydrogen-bond acceptors (Lipinski definition) is 2. The molecular formula is C15H17NS. The molecule has 0 radical (unpaired) electrons. The van der Waals surface area contributed by atoms with E-state index in [-0.39, 0.29) is 6.04 Å². The Labute approximate surface area is 106 Å². The first kappa shape index (κ1) is 11.1. The Morgan fingerprint density at radius 3 is 2.71 bits per heavy atom. The Kier molecular flexibility index (Phi) is 3.08. The molecule has 0 aliphatic carbocycles. The molecule has 2 aromatic rings. The maximum Gasteiger partial charge on any atom is 0.0415 e. The predicted molar refractivity (Wildman–Crippen MR) is 76.4 cm³/mol. The Hall–Kier alpha value is -0.990. The molecule has 1 nitrogen and oxygen atoms in total. The molecule has 1 saturated heterocycles. The molecule has 3 rings (SSSR count). The van der Waals surface area contributed by atoms with Crippen LogP contribution in [0.5, 0.6) is 0 Å². The summed E-state index contributed by atoms with van der Waals surface area (Å²) in [5.41, 5.74) is 7.65. The molecule has 0 bridgehead atoms. The van der Waals surface area contributed by atoms with Gasteiger partial charge in [0.05, 0.1) is 0 Å². The molecule has 0 spiro atoms. The van der Waals surface area contributed by atoms with E-state index in [2.05, 4.69) is 42.5 Å². The van der Waals surface area contributed by atoms with Crippen molar-refractivity contribution >= 4 is 22.5 Å². The Morgan fingerprint density at radius 2 is 1.94 bits per heavy atom. The molecule has 1 aliphatic heterocycles. The van der Waals surface area contributed by atoms with Gasteiger partial charge >= 0.3 is 0 Å². The number of thioether (sulfide) groups is 1. The molecule has 1 fully saturated rings. The van der Waals surface area contributed by atoms with E-state index in [0.717, 1.165) is 0 Å². The number of rotatable bonds is 2. The largest absolute Gasteiger partial charge is 0.323 e. The van der Waals surface area contributed by atoms with Crippen molar-refractivity contribution in [2.24, 2.45) is 5.73 Å². The van der Waals surface area contributed by atoms with Crippen LogP contribution in [0.1, 0.15) is 24.4 Å². The first-order valence-corrected chi connectivity index (χ1v) is 7.25. The minimum atomic E-state index is 0.187. The molecule has 2 aromatic carbocycles. The Morgan fingerprint density at radius 1 is 1.12 bits per heavy atom. The summed E-state index contributed by atoms with van der Waals surface area (Å²) in [4.78, 5) is 0. The fourth-order valence-corrected chi connectivity index (χ4v) is 3.85. The van der Waals surface area contributed by atoms with Crippen molar-refractivity contribution in [1.29, 1.82) is 0 Å². The van der Waals surface area contributed by atoms with Crippen LogP contribution in [0, 0.1) is 0 Å². The van der Waals surface area contributed by atoms with Gasteiger partial charge in [-0.3, -0.25) is 0 Å². The van der Waals surface area contributed by atoms with Gasteiger partial charge in [0.1, 0.15) is 0 Å². The van der Waals surface area contributed by atoms with E-state index in [1.807, 2.05) is 11.8 Å². The Balaban J connectivity index is 1.94. The normalized spacial score (nSPS) is 21.8. The van der Waals surface area contributed by atoms with Gasteiger partial charge in [0.25, 0.3) is 0 Å². The molecule has 0 aromatic heterocycles. The summed E-state index contributed by atoms with van der Waals surface area (Å²) in [6.45, 7) is 0. The Bertz CT molecular complexity index is 517. The summed E-state index contributed by atoms with van der Waals surface area (Å²) in [5.74, 6) is 1.27. The summed E-state index contributed by atoms with van der Waals surface area (Å²) in [6.07, 6.45) is 2.58. The fourth-order valence-electron chi connectivity index (χ4n) is 2.52. The van der Waals surface area contributed by atoms with Crippen molar-refractivity contribution in [3.8, 4) is 0 Å². The van der Waals surface area contributed by atoms with Gasteiger partial charge in [-0.2, -0.15) is 11.8 Å². The van der Waals surface area contributed by atoms with Crippen LogP contribution < -0.4 is 5.73 Å². The highest BCUT2D eigenvalue weighted by Gasteiger charge is 2.23. The lowest BCUT2D eigenvalue weighted by Gasteiger charge is -2.19. The lowest BCUT2D eigenvalue weighted by molar-refractivity contribution is 0.646. The van der Waals surface area contributed by atoms with Crippen molar-refractivity contribution in [2.45, 2.75) is 24.1 Å². The van der Waals surface area contributed by atoms with E-state index in [4.69, 9.17) is 5.73 Å². The van der Waals surface area contributed by atoms with Crippen molar-refractivity contribution in [3.63, 3.8) is 0 Å². The summed E-state index contributed by atoms with van der Waals surface area (Å²) in [6, 6.07) is 15.3. The number of hydrogen-bond donors (Lipinski definition) is 1. The van der Waals surface area contributed by atoms with Crippen LogP contribution in [0.4, 0.5) is 0 Å². The van der Waals surface area contributed by atoms with Gasteiger partial charge < -0.3 is 5.73 Å². The quantitative estimate of drug-likeness (QED) is 0.869. The number of nitrogens with two attached hydrogens (primary N) is 1. The van der Waals surface area contributed by atoms with Gasteiger partial charge in [0, 0.05) is 11.3 Å². The topological polar surface area (TPSA) is 26.0 Å². The molecular weight excluding hydrogens is 226 g/mol. The van der Waals surface area contributed by atoms with Crippen molar-refractivity contribution in [1.82, 2.24) is 0 Å². The number of benzene rings is 2. The van der Waals surface area contributed by atoms with Crippen molar-refractivity contribution in [2.75, 3.05) is 5.75 Å². The van der Waals surface area contributed by atoms with Crippen LogP contribution >= 0.6 is 11.8 Å². The van der Waals surface area contributed by atoms with Gasteiger partial charge in [-0.25, -0.2) is 0 Å². The van der Waals surface area contributed by atoms with Crippen LogP contribution in [0.3, 0.4) is 0 Å². The van der Waals surface area contributed by atoms with E-state index in [1.54, 1.807) is 0 Å². The zero-order chi connectivity index (χ0) is 11.7. The summed E-state index contributed by atoms with van der Waals surface area (Å²) in [5, 5.41) is 3.20. The van der Waals surface area contributed by atoms with Crippen LogP contribution in [-0.4, -0.2) is 11.0 Å². The zero-order valence-electron chi connectivity index (χ0n) is 9.80. The lowest BCUT2D eigenvalue weighted by atomic mass is 9.98. The van der Waals surface area contributed by atoms with Gasteiger partial charge in [-0.15, -0.1) is 0 Å². The van der Waals surface area contributed by atoms with E-state index in [9.17, 15) is 0 Å². The first-order valence-electron chi connectivity index (χ1n) is 6.20. The van der Waals surface area contributed by atoms with Gasteiger partial charge in [-0.05, 0) is 41.0 Å². The standard InChI is InChI=1S/C15H17NS/c16-15(14-6-3-9-17-14)13-8-7-11-4-1-2-5-12(11)10-13/h1-2,4-5,7-8,10,14-15H,3,6,9,16H2. The second-order valence-corrected chi connectivity index (χ2v) is 6.03. The van der Waals surface area contributed by atoms with Crippen LogP contribution in [0.2, 0.25) is 0 Å². The molecule has 1 aliphatic rings. The smallest absolute Gasteiger partial charge is 0.0415 e. The SMILES string of the molecule is NC(c1ccc2ccccc2c1)C1CCCS1. The summed E-state index contributed by atoms with van der Waals surface area (Å²) < 4.78 is 0. The molecule has 2 unspecified atom stereocenters. The minimum Gasteiger partial charge on any atom is -0.323 e. The molecule has 1 heterocycles. The summed E-state index contributed by atoms with van der Waals surface area (Å²) >= 11 is 2.03. The molecule has 2 atom stereocenters. The van der Waals surface area contributed by atoms with Gasteiger partial charge in [0.15, 0.2) is 0 Å². The third kappa shape index (κ3) is 2.20. The van der Waals surface area contributed by atoms with Crippen molar-refractivity contribution in [3.05, 3.63) is 48.0 Å². The third-order valence-corrected chi connectivity index (χ3v) is 5.01. The van der Waals surface area contributed by atoms with E-state index < -0.39 is 0 Å². The average Bonchev–Trinajstić information content (AvgIpc) is 2.91. The first-order chi connectivity index (χ1) is 8.34. The predicted octanol–water partition coefficient (Wildman–Crippen LogP) is 3.74. The molecule has 17 heavy (non-hydrogen) atoms. The highest BCUT2D eigenvalue weighted by Crippen LogP contribution is 2.35. The number of fused-ring (bicyclic) bond motifs is 1. The molecule has 2 heteroatoms. The highest BCUT2D eigenvalue weighted by molar-refractivity contribution is 8.00. The average molecular weight is 243 g/mol. The maximum atomic E-state index is 6.37. The van der Waals surface area contributed by atoms with Crippen LogP contribution in [0.15, 0.2) is 42.5 Å². The maximum absolute atomic E-state index is 6.37. The summed E-state index contributed by atoms with van der Waals surface area (Å²) in [7, 11) is 0. The van der Waals surface area contributed by atoms with Gasteiger partial charge in [0.2, 0.25) is 0 Å². The molecule has 0 saturated carbocycles. The lowest BCUT2D eigenvalue weighted by Crippen LogP contribution is -2.21. The van der Waals surface area contributed by atoms with Crippen LogP contribution in [-0.2, 0) is 0 Å². The zero-order valence-corrected chi connectivity index (χ0v) is 10.6. The second-order valence-electron chi connectivity index (χ2n) is 4.68.